The quantitative estimate of drug-likeness (QED) is 0.274. The first-order valence-electron chi connectivity index (χ1n) is 10.5. The number of piperazine rings is 1. The number of rotatable bonds is 6. The second kappa shape index (κ2) is 10.4. The van der Waals surface area contributed by atoms with E-state index in [9.17, 15) is 26.7 Å². The smallest absolute Gasteiger partial charge is 0.262 e. The SMILES string of the molecule is O=C(COc1ccc(Cl)cc1)Nc1ccc(N2CCN(c3c(F)c(F)c(F)c(F)c3F)CC2)cc1. The number of nitrogens with one attached hydrogen (secondary N) is 1. The van der Waals surface area contributed by atoms with Gasteiger partial charge in [-0.25, -0.2) is 22.0 Å². The van der Waals surface area contributed by atoms with Crippen LogP contribution >= 0.6 is 11.6 Å². The number of carbonyl (C=O) groups is 1. The van der Waals surface area contributed by atoms with E-state index in [0.717, 1.165) is 10.6 Å². The summed E-state index contributed by atoms with van der Waals surface area (Å²) >= 11 is 5.80. The van der Waals surface area contributed by atoms with E-state index in [1.165, 1.54) is 0 Å². The van der Waals surface area contributed by atoms with E-state index in [-0.39, 0.29) is 25.6 Å². The molecule has 4 rings (SSSR count). The Morgan fingerprint density at radius 3 is 1.86 bits per heavy atom. The van der Waals surface area contributed by atoms with Crippen LogP contribution in [0.3, 0.4) is 0 Å². The predicted molar refractivity (Wildman–Crippen MR) is 123 cm³/mol. The van der Waals surface area contributed by atoms with Gasteiger partial charge in [-0.1, -0.05) is 11.6 Å². The zero-order valence-electron chi connectivity index (χ0n) is 18.1. The molecule has 1 N–H and O–H groups in total. The van der Waals surface area contributed by atoms with Gasteiger partial charge < -0.3 is 19.9 Å². The number of hydrogen-bond acceptors (Lipinski definition) is 4. The highest BCUT2D eigenvalue weighted by molar-refractivity contribution is 6.30. The summed E-state index contributed by atoms with van der Waals surface area (Å²) in [5.74, 6) is -9.62. The molecule has 5 nitrogen and oxygen atoms in total. The third kappa shape index (κ3) is 5.43. The monoisotopic (exact) mass is 511 g/mol. The molecule has 1 heterocycles. The molecule has 1 fully saturated rings. The Labute approximate surface area is 202 Å². The molecular formula is C24H19ClF5N3O2. The number of nitrogens with zero attached hydrogens (tertiary/aromatic N) is 2. The highest BCUT2D eigenvalue weighted by Crippen LogP contribution is 2.31. The van der Waals surface area contributed by atoms with Gasteiger partial charge in [0.05, 0.1) is 0 Å². The first-order valence-corrected chi connectivity index (χ1v) is 10.9. The Morgan fingerprint density at radius 1 is 0.771 bits per heavy atom. The first kappa shape index (κ1) is 24.6. The van der Waals surface area contributed by atoms with Crippen LogP contribution in [0.2, 0.25) is 5.02 Å². The van der Waals surface area contributed by atoms with E-state index in [1.807, 2.05) is 4.90 Å². The molecule has 0 aliphatic carbocycles. The Kier molecular flexibility index (Phi) is 7.30. The summed E-state index contributed by atoms with van der Waals surface area (Å²) in [6.45, 7) is 0.501. The summed E-state index contributed by atoms with van der Waals surface area (Å²) in [6, 6.07) is 13.5. The van der Waals surface area contributed by atoms with Crippen molar-refractivity contribution in [3.8, 4) is 5.75 Å². The molecule has 0 unspecified atom stereocenters. The second-order valence-corrected chi connectivity index (χ2v) is 8.17. The maximum atomic E-state index is 14.1. The highest BCUT2D eigenvalue weighted by atomic mass is 35.5. The van der Waals surface area contributed by atoms with Crippen molar-refractivity contribution in [1.29, 1.82) is 0 Å². The summed E-state index contributed by atoms with van der Waals surface area (Å²) in [5, 5.41) is 3.26. The van der Waals surface area contributed by atoms with Gasteiger partial charge in [-0.2, -0.15) is 0 Å². The average molecular weight is 512 g/mol. The summed E-state index contributed by atoms with van der Waals surface area (Å²) < 4.78 is 74.0. The summed E-state index contributed by atoms with van der Waals surface area (Å²) in [5.41, 5.74) is 0.399. The third-order valence-electron chi connectivity index (χ3n) is 5.48. The zero-order chi connectivity index (χ0) is 25.1. The van der Waals surface area contributed by atoms with Crippen molar-refractivity contribution in [3.63, 3.8) is 0 Å². The number of amides is 1. The van der Waals surface area contributed by atoms with Crippen molar-refractivity contribution in [2.75, 3.05) is 47.9 Å². The van der Waals surface area contributed by atoms with Crippen LogP contribution in [0.25, 0.3) is 0 Å². The van der Waals surface area contributed by atoms with Crippen LogP contribution in [0.5, 0.6) is 5.75 Å². The molecule has 0 atom stereocenters. The Morgan fingerprint density at radius 2 is 1.29 bits per heavy atom. The lowest BCUT2D eigenvalue weighted by molar-refractivity contribution is -0.118. The number of ether oxygens (including phenoxy) is 1. The van der Waals surface area contributed by atoms with Crippen LogP contribution in [0.4, 0.5) is 39.0 Å². The molecule has 0 saturated carbocycles. The van der Waals surface area contributed by atoms with E-state index >= 15 is 0 Å². The van der Waals surface area contributed by atoms with Crippen molar-refractivity contribution < 1.29 is 31.5 Å². The van der Waals surface area contributed by atoms with Gasteiger partial charge in [0.25, 0.3) is 5.91 Å². The fourth-order valence-corrected chi connectivity index (χ4v) is 3.82. The van der Waals surface area contributed by atoms with Crippen LogP contribution in [-0.2, 0) is 4.79 Å². The van der Waals surface area contributed by atoms with E-state index in [2.05, 4.69) is 5.32 Å². The minimum atomic E-state index is -2.17. The second-order valence-electron chi connectivity index (χ2n) is 7.73. The fraction of sp³-hybridized carbons (Fsp3) is 0.208. The normalized spacial score (nSPS) is 13.7. The van der Waals surface area contributed by atoms with Crippen LogP contribution in [0.15, 0.2) is 48.5 Å². The van der Waals surface area contributed by atoms with Gasteiger partial charge in [0.15, 0.2) is 29.9 Å². The number of halogens is 6. The van der Waals surface area contributed by atoms with Crippen LogP contribution < -0.4 is 19.9 Å². The van der Waals surface area contributed by atoms with Gasteiger partial charge in [-0.3, -0.25) is 4.79 Å². The summed E-state index contributed by atoms with van der Waals surface area (Å²) in [4.78, 5) is 15.2. The standard InChI is InChI=1S/C24H19ClF5N3O2/c25-14-1-7-17(8-2-14)35-13-18(34)31-15-3-5-16(6-4-15)32-9-11-33(12-10-32)24-22(29)20(27)19(26)21(28)23(24)30/h1-8H,9-13H2,(H,31,34). The highest BCUT2D eigenvalue weighted by Gasteiger charge is 2.30. The summed E-state index contributed by atoms with van der Waals surface area (Å²) in [6.07, 6.45) is 0. The van der Waals surface area contributed by atoms with Gasteiger partial charge in [0, 0.05) is 42.6 Å². The maximum absolute atomic E-state index is 14.1. The van der Waals surface area contributed by atoms with Gasteiger partial charge in [-0.05, 0) is 48.5 Å². The fourth-order valence-electron chi connectivity index (χ4n) is 3.69. The van der Waals surface area contributed by atoms with Gasteiger partial charge in [0.2, 0.25) is 5.82 Å². The average Bonchev–Trinajstić information content (AvgIpc) is 2.87. The largest absolute Gasteiger partial charge is 0.484 e. The van der Waals surface area contributed by atoms with Crippen molar-refractivity contribution in [3.05, 3.63) is 82.6 Å². The van der Waals surface area contributed by atoms with E-state index in [0.29, 0.717) is 29.5 Å². The number of carbonyl (C=O) groups excluding carboxylic acids is 1. The molecule has 0 bridgehead atoms. The molecule has 0 spiro atoms. The summed E-state index contributed by atoms with van der Waals surface area (Å²) in [7, 11) is 0. The number of hydrogen-bond donors (Lipinski definition) is 1. The molecule has 3 aromatic carbocycles. The molecule has 3 aromatic rings. The molecule has 1 saturated heterocycles. The number of benzene rings is 3. The lowest BCUT2D eigenvalue weighted by atomic mass is 10.2. The van der Waals surface area contributed by atoms with Crippen molar-refractivity contribution >= 4 is 34.6 Å². The molecule has 1 aliphatic heterocycles. The number of anilines is 3. The van der Waals surface area contributed by atoms with E-state index < -0.39 is 34.8 Å². The Balaban J connectivity index is 1.32. The molecular weight excluding hydrogens is 493 g/mol. The first-order chi connectivity index (χ1) is 16.7. The molecule has 0 aromatic heterocycles. The van der Waals surface area contributed by atoms with Crippen molar-refractivity contribution in [2.24, 2.45) is 0 Å². The molecule has 1 aliphatic rings. The lowest BCUT2D eigenvalue weighted by Gasteiger charge is -2.37. The van der Waals surface area contributed by atoms with Gasteiger partial charge >= 0.3 is 0 Å². The third-order valence-corrected chi connectivity index (χ3v) is 5.73. The lowest BCUT2D eigenvalue weighted by Crippen LogP contribution is -2.47. The zero-order valence-corrected chi connectivity index (χ0v) is 18.9. The Hall–Kier alpha value is -3.53. The molecule has 35 heavy (non-hydrogen) atoms. The van der Waals surface area contributed by atoms with Gasteiger partial charge in [0.1, 0.15) is 11.4 Å². The van der Waals surface area contributed by atoms with Crippen LogP contribution in [0.1, 0.15) is 0 Å². The van der Waals surface area contributed by atoms with Crippen LogP contribution in [0, 0.1) is 29.1 Å². The predicted octanol–water partition coefficient (Wildman–Crippen LogP) is 5.38. The molecule has 184 valence electrons. The Bertz CT molecular complexity index is 1190. The molecule has 11 heteroatoms. The molecule has 0 radical (unpaired) electrons. The molecule has 1 amide bonds. The minimum Gasteiger partial charge on any atom is -0.484 e. The van der Waals surface area contributed by atoms with E-state index in [4.69, 9.17) is 16.3 Å². The topological polar surface area (TPSA) is 44.8 Å². The van der Waals surface area contributed by atoms with Gasteiger partial charge in [-0.15, -0.1) is 0 Å². The van der Waals surface area contributed by atoms with E-state index in [1.54, 1.807) is 48.5 Å². The van der Waals surface area contributed by atoms with Crippen molar-refractivity contribution in [1.82, 2.24) is 0 Å². The maximum Gasteiger partial charge on any atom is 0.262 e. The van der Waals surface area contributed by atoms with Crippen molar-refractivity contribution in [2.45, 2.75) is 0 Å². The minimum absolute atomic E-state index is 0.0544. The van der Waals surface area contributed by atoms with Crippen LogP contribution in [-0.4, -0.2) is 38.7 Å².